The number of oxazole rings is 1. The third-order valence-corrected chi connectivity index (χ3v) is 6.62. The van der Waals surface area contributed by atoms with E-state index in [0.717, 1.165) is 38.6 Å². The third-order valence-electron chi connectivity index (χ3n) is 4.83. The van der Waals surface area contributed by atoms with E-state index < -0.39 is 0 Å². The summed E-state index contributed by atoms with van der Waals surface area (Å²) < 4.78 is 7.96. The van der Waals surface area contributed by atoms with Crippen molar-refractivity contribution >= 4 is 23.1 Å². The van der Waals surface area contributed by atoms with Gasteiger partial charge in [0.2, 0.25) is 5.89 Å². The minimum atomic E-state index is 0.640. The highest BCUT2D eigenvalue weighted by Crippen LogP contribution is 2.32. The Morgan fingerprint density at radius 2 is 1.81 bits per heavy atom. The number of nitrogens with zero attached hydrogens (tertiary/aromatic N) is 5. The Morgan fingerprint density at radius 3 is 2.55 bits per heavy atom. The molecule has 4 aromatic heterocycles. The Kier molecular flexibility index (Phi) is 5.40. The van der Waals surface area contributed by atoms with Gasteiger partial charge in [0.1, 0.15) is 5.76 Å². The Balaban J connectivity index is 1.48. The van der Waals surface area contributed by atoms with Crippen LogP contribution in [0.5, 0.6) is 0 Å². The van der Waals surface area contributed by atoms with Crippen LogP contribution in [0.4, 0.5) is 0 Å². The summed E-state index contributed by atoms with van der Waals surface area (Å²) >= 11 is 3.21. The Hall–Kier alpha value is -3.23. The van der Waals surface area contributed by atoms with E-state index in [1.807, 2.05) is 36.6 Å². The predicted molar refractivity (Wildman–Crippen MR) is 123 cm³/mol. The van der Waals surface area contributed by atoms with Gasteiger partial charge in [-0.05, 0) is 49.6 Å². The lowest BCUT2D eigenvalue weighted by Crippen LogP contribution is -2.00. The second kappa shape index (κ2) is 8.49. The standard InChI is InChI=1S/C23H19N5OS2/c1-15-5-7-18(8-6-15)28-21(17-9-11-24-12-10-17)26-27-23(28)31-14-19-16(2)29-22(25-19)20-4-3-13-30-20/h3-13H,14H2,1-2H3. The van der Waals surface area contributed by atoms with Gasteiger partial charge in [-0.2, -0.15) is 0 Å². The van der Waals surface area contributed by atoms with Gasteiger partial charge in [0, 0.05) is 29.4 Å². The van der Waals surface area contributed by atoms with Crippen LogP contribution < -0.4 is 0 Å². The van der Waals surface area contributed by atoms with E-state index in [4.69, 9.17) is 9.40 Å². The van der Waals surface area contributed by atoms with Crippen molar-refractivity contribution < 1.29 is 4.42 Å². The molecule has 0 saturated heterocycles. The molecule has 31 heavy (non-hydrogen) atoms. The van der Waals surface area contributed by atoms with Crippen molar-refractivity contribution in [3.05, 3.63) is 83.3 Å². The first-order valence-electron chi connectivity index (χ1n) is 9.75. The maximum Gasteiger partial charge on any atom is 0.236 e. The molecule has 0 atom stereocenters. The van der Waals surface area contributed by atoms with Crippen molar-refractivity contribution in [3.8, 4) is 27.8 Å². The fraction of sp³-hybridized carbons (Fsp3) is 0.130. The third kappa shape index (κ3) is 4.04. The van der Waals surface area contributed by atoms with Crippen LogP contribution in [0.15, 0.2) is 75.9 Å². The summed E-state index contributed by atoms with van der Waals surface area (Å²) in [6.45, 7) is 4.03. The van der Waals surface area contributed by atoms with Crippen molar-refractivity contribution in [2.45, 2.75) is 24.8 Å². The number of aryl methyl sites for hydroxylation is 2. The van der Waals surface area contributed by atoms with E-state index in [-0.39, 0.29) is 0 Å². The lowest BCUT2D eigenvalue weighted by Gasteiger charge is -2.10. The van der Waals surface area contributed by atoms with Gasteiger partial charge in [-0.1, -0.05) is 35.5 Å². The average molecular weight is 446 g/mol. The van der Waals surface area contributed by atoms with E-state index in [9.17, 15) is 0 Å². The van der Waals surface area contributed by atoms with E-state index >= 15 is 0 Å². The summed E-state index contributed by atoms with van der Waals surface area (Å²) in [5.41, 5.74) is 4.10. The van der Waals surface area contributed by atoms with Gasteiger partial charge in [-0.15, -0.1) is 21.5 Å². The summed E-state index contributed by atoms with van der Waals surface area (Å²) in [5, 5.41) is 11.8. The zero-order valence-electron chi connectivity index (χ0n) is 17.0. The molecule has 154 valence electrons. The number of thioether (sulfide) groups is 1. The molecule has 0 N–H and O–H groups in total. The zero-order chi connectivity index (χ0) is 21.2. The number of benzene rings is 1. The first-order chi connectivity index (χ1) is 15.2. The van der Waals surface area contributed by atoms with Crippen LogP contribution in [0.1, 0.15) is 17.0 Å². The molecular weight excluding hydrogens is 426 g/mol. The highest BCUT2D eigenvalue weighted by atomic mass is 32.2. The average Bonchev–Trinajstić information content (AvgIpc) is 3.53. The summed E-state index contributed by atoms with van der Waals surface area (Å²) in [5.74, 6) is 2.92. The molecule has 1 aromatic carbocycles. The molecule has 5 rings (SSSR count). The van der Waals surface area contributed by atoms with Crippen LogP contribution in [0.2, 0.25) is 0 Å². The SMILES string of the molecule is Cc1ccc(-n2c(SCc3nc(-c4cccs4)oc3C)nnc2-c2ccncc2)cc1. The summed E-state index contributed by atoms with van der Waals surface area (Å²) in [6.07, 6.45) is 3.53. The molecule has 0 saturated carbocycles. The Bertz CT molecular complexity index is 1290. The normalized spacial score (nSPS) is 11.2. The minimum Gasteiger partial charge on any atom is -0.440 e. The molecule has 0 aliphatic carbocycles. The number of aromatic nitrogens is 5. The smallest absolute Gasteiger partial charge is 0.236 e. The zero-order valence-corrected chi connectivity index (χ0v) is 18.7. The topological polar surface area (TPSA) is 69.6 Å². The van der Waals surface area contributed by atoms with Gasteiger partial charge < -0.3 is 4.42 Å². The molecule has 0 bridgehead atoms. The minimum absolute atomic E-state index is 0.640. The summed E-state index contributed by atoms with van der Waals surface area (Å²) in [6, 6.07) is 16.3. The van der Waals surface area contributed by atoms with Crippen LogP contribution in [0.25, 0.3) is 27.8 Å². The fourth-order valence-corrected chi connectivity index (χ4v) is 4.78. The van der Waals surface area contributed by atoms with E-state index in [0.29, 0.717) is 11.6 Å². The van der Waals surface area contributed by atoms with Gasteiger partial charge in [-0.25, -0.2) is 4.98 Å². The molecule has 6 nitrogen and oxygen atoms in total. The molecule has 0 aliphatic heterocycles. The second-order valence-corrected chi connectivity index (χ2v) is 8.89. The van der Waals surface area contributed by atoms with Crippen molar-refractivity contribution in [2.75, 3.05) is 0 Å². The maximum atomic E-state index is 5.89. The van der Waals surface area contributed by atoms with Crippen molar-refractivity contribution in [2.24, 2.45) is 0 Å². The molecule has 8 heteroatoms. The molecular formula is C23H19N5OS2. The van der Waals surface area contributed by atoms with E-state index in [1.54, 1.807) is 35.5 Å². The highest BCUT2D eigenvalue weighted by molar-refractivity contribution is 7.98. The van der Waals surface area contributed by atoms with Gasteiger partial charge in [0.25, 0.3) is 0 Å². The number of pyridine rings is 1. The quantitative estimate of drug-likeness (QED) is 0.301. The highest BCUT2D eigenvalue weighted by Gasteiger charge is 2.18. The van der Waals surface area contributed by atoms with Crippen molar-refractivity contribution in [1.29, 1.82) is 0 Å². The monoisotopic (exact) mass is 445 g/mol. The van der Waals surface area contributed by atoms with Crippen LogP contribution in [0, 0.1) is 13.8 Å². The van der Waals surface area contributed by atoms with Crippen LogP contribution in [-0.4, -0.2) is 24.7 Å². The fourth-order valence-electron chi connectivity index (χ4n) is 3.18. The summed E-state index contributed by atoms with van der Waals surface area (Å²) in [4.78, 5) is 9.85. The van der Waals surface area contributed by atoms with E-state index in [1.165, 1.54) is 5.56 Å². The molecule has 0 spiro atoms. The van der Waals surface area contributed by atoms with Gasteiger partial charge in [-0.3, -0.25) is 9.55 Å². The number of hydrogen-bond donors (Lipinski definition) is 0. The molecule has 0 unspecified atom stereocenters. The van der Waals surface area contributed by atoms with Gasteiger partial charge >= 0.3 is 0 Å². The van der Waals surface area contributed by atoms with Crippen LogP contribution in [-0.2, 0) is 5.75 Å². The molecule has 0 amide bonds. The number of hydrogen-bond acceptors (Lipinski definition) is 7. The van der Waals surface area contributed by atoms with Crippen molar-refractivity contribution in [1.82, 2.24) is 24.7 Å². The molecule has 0 radical (unpaired) electrons. The Labute approximate surface area is 188 Å². The van der Waals surface area contributed by atoms with Crippen LogP contribution in [0.3, 0.4) is 0 Å². The molecule has 0 fully saturated rings. The second-order valence-electron chi connectivity index (χ2n) is 7.00. The van der Waals surface area contributed by atoms with Crippen molar-refractivity contribution in [3.63, 3.8) is 0 Å². The van der Waals surface area contributed by atoms with Gasteiger partial charge in [0.15, 0.2) is 11.0 Å². The first-order valence-corrected chi connectivity index (χ1v) is 11.6. The predicted octanol–water partition coefficient (Wildman–Crippen LogP) is 5.95. The van der Waals surface area contributed by atoms with Gasteiger partial charge in [0.05, 0.1) is 10.6 Å². The lowest BCUT2D eigenvalue weighted by atomic mass is 10.2. The number of rotatable bonds is 6. The van der Waals surface area contributed by atoms with Crippen LogP contribution >= 0.6 is 23.1 Å². The first kappa shape index (κ1) is 19.7. The molecule has 4 heterocycles. The largest absolute Gasteiger partial charge is 0.440 e. The summed E-state index contributed by atoms with van der Waals surface area (Å²) in [7, 11) is 0. The lowest BCUT2D eigenvalue weighted by molar-refractivity contribution is 0.542. The maximum absolute atomic E-state index is 5.89. The number of thiophene rings is 1. The molecule has 0 aliphatic rings. The van der Waals surface area contributed by atoms with E-state index in [2.05, 4.69) is 50.9 Å². The molecule has 5 aromatic rings. The Morgan fingerprint density at radius 1 is 1.00 bits per heavy atom.